The zero-order valence-corrected chi connectivity index (χ0v) is 34.5. The summed E-state index contributed by atoms with van der Waals surface area (Å²) in [6.07, 6.45) is 4.22. The van der Waals surface area contributed by atoms with Gasteiger partial charge >= 0.3 is 0 Å². The summed E-state index contributed by atoms with van der Waals surface area (Å²) in [4.78, 5) is 5.06. The zero-order valence-electron chi connectivity index (χ0n) is 34.5. The van der Waals surface area contributed by atoms with Crippen LogP contribution in [-0.4, -0.2) is 4.57 Å². The van der Waals surface area contributed by atoms with Gasteiger partial charge in [0.05, 0.1) is 22.4 Å². The van der Waals surface area contributed by atoms with E-state index in [0.717, 1.165) is 48.4 Å². The van der Waals surface area contributed by atoms with Crippen molar-refractivity contribution < 1.29 is 0 Å². The summed E-state index contributed by atoms with van der Waals surface area (Å²) in [6, 6.07) is 82.6. The summed E-state index contributed by atoms with van der Waals surface area (Å²) in [6.45, 7) is 0. The van der Waals surface area contributed by atoms with Crippen LogP contribution in [0.25, 0.3) is 38.6 Å². The maximum atomic E-state index is 2.54. The van der Waals surface area contributed by atoms with Gasteiger partial charge < -0.3 is 14.4 Å². The molecule has 62 heavy (non-hydrogen) atoms. The van der Waals surface area contributed by atoms with Gasteiger partial charge in [-0.3, -0.25) is 0 Å². The normalized spacial score (nSPS) is 15.2. The Bertz CT molecular complexity index is 3240. The number of fused-ring (bicyclic) bond motifs is 7. The fourth-order valence-corrected chi connectivity index (χ4v) is 10.9. The van der Waals surface area contributed by atoms with Crippen molar-refractivity contribution in [1.29, 1.82) is 0 Å². The molecule has 0 N–H and O–H groups in total. The van der Waals surface area contributed by atoms with E-state index < -0.39 is 0 Å². The van der Waals surface area contributed by atoms with Crippen LogP contribution >= 0.6 is 0 Å². The number of rotatable bonds is 8. The third-order valence-corrected chi connectivity index (χ3v) is 13.5. The van der Waals surface area contributed by atoms with E-state index in [1.807, 2.05) is 0 Å². The highest BCUT2D eigenvalue weighted by Gasteiger charge is 2.49. The Morgan fingerprint density at radius 2 is 0.839 bits per heavy atom. The lowest BCUT2D eigenvalue weighted by Crippen LogP contribution is -2.27. The second kappa shape index (κ2) is 14.8. The van der Waals surface area contributed by atoms with Crippen molar-refractivity contribution in [1.82, 2.24) is 4.57 Å². The number of anilines is 6. The number of para-hydroxylation sites is 4. The van der Waals surface area contributed by atoms with Crippen LogP contribution in [0.15, 0.2) is 224 Å². The fraction of sp³-hybridized carbons (Fsp3) is 0.0847. The lowest BCUT2D eigenvalue weighted by Gasteiger charge is -2.37. The van der Waals surface area contributed by atoms with Crippen LogP contribution in [0.5, 0.6) is 0 Å². The van der Waals surface area contributed by atoms with Gasteiger partial charge in [-0.15, -0.1) is 0 Å². The molecular formula is C59H45N3. The molecule has 12 rings (SSSR count). The van der Waals surface area contributed by atoms with Crippen molar-refractivity contribution in [3.05, 3.63) is 247 Å². The molecule has 1 spiro atoms. The summed E-state index contributed by atoms with van der Waals surface area (Å²) >= 11 is 0. The molecule has 2 aliphatic carbocycles. The van der Waals surface area contributed by atoms with E-state index in [9.17, 15) is 0 Å². The van der Waals surface area contributed by atoms with Crippen LogP contribution in [0.3, 0.4) is 0 Å². The molecule has 9 aromatic carbocycles. The van der Waals surface area contributed by atoms with Gasteiger partial charge in [-0.25, -0.2) is 0 Å². The number of benzene rings is 9. The molecule has 10 aromatic rings. The van der Waals surface area contributed by atoms with Gasteiger partial charge in [0.25, 0.3) is 0 Å². The quantitative estimate of drug-likeness (QED) is 0.152. The van der Waals surface area contributed by atoms with Gasteiger partial charge in [0.15, 0.2) is 0 Å². The maximum Gasteiger partial charge on any atom is 0.0542 e. The highest BCUT2D eigenvalue weighted by molar-refractivity contribution is 6.10. The van der Waals surface area contributed by atoms with Crippen LogP contribution in [0.2, 0.25) is 0 Å². The van der Waals surface area contributed by atoms with Gasteiger partial charge in [-0.05, 0) is 144 Å². The molecule has 0 amide bonds. The van der Waals surface area contributed by atoms with Crippen molar-refractivity contribution in [2.45, 2.75) is 31.1 Å². The number of aryl methyl sites for hydroxylation is 2. The molecule has 0 radical (unpaired) electrons. The monoisotopic (exact) mass is 795 g/mol. The molecule has 1 atom stereocenters. The smallest absolute Gasteiger partial charge is 0.0542 e. The molecule has 0 aliphatic heterocycles. The molecule has 3 heteroatoms. The molecule has 0 fully saturated rings. The molecule has 3 nitrogen and oxygen atoms in total. The Morgan fingerprint density at radius 1 is 0.355 bits per heavy atom. The highest BCUT2D eigenvalue weighted by Crippen LogP contribution is 2.60. The predicted molar refractivity (Wildman–Crippen MR) is 259 cm³/mol. The van der Waals surface area contributed by atoms with Crippen molar-refractivity contribution in [2.75, 3.05) is 9.80 Å². The largest absolute Gasteiger partial charge is 0.310 e. The Hall–Kier alpha value is -7.62. The van der Waals surface area contributed by atoms with Crippen LogP contribution in [0, 0.1) is 0 Å². The van der Waals surface area contributed by atoms with Gasteiger partial charge in [-0.1, -0.05) is 140 Å². The fourth-order valence-electron chi connectivity index (χ4n) is 10.9. The predicted octanol–water partition coefficient (Wildman–Crippen LogP) is 15.6. The zero-order chi connectivity index (χ0) is 41.0. The molecule has 296 valence electrons. The van der Waals surface area contributed by atoms with E-state index in [1.54, 1.807) is 0 Å². The molecule has 0 bridgehead atoms. The summed E-state index contributed by atoms with van der Waals surface area (Å²) in [7, 11) is 0. The summed E-state index contributed by atoms with van der Waals surface area (Å²) < 4.78 is 2.40. The minimum Gasteiger partial charge on any atom is -0.310 e. The Balaban J connectivity index is 1.06. The van der Waals surface area contributed by atoms with Crippen LogP contribution in [0.4, 0.5) is 34.1 Å². The second-order valence-electron chi connectivity index (χ2n) is 16.9. The summed E-state index contributed by atoms with van der Waals surface area (Å²) in [5.74, 6) is 0. The van der Waals surface area contributed by atoms with Crippen molar-refractivity contribution in [3.63, 3.8) is 0 Å². The van der Waals surface area contributed by atoms with E-state index in [4.69, 9.17) is 0 Å². The number of nitrogens with zero attached hydrogens (tertiary/aromatic N) is 3. The standard InChI is InChI=1S/C59H45N3/c1-5-18-42(19-6-1)45-22-15-29-49(40-45)60(46-23-7-2-8-24-46)55-32-16-20-43-36-38-59(57(43)55)39-37-44-21-17-33-56(58(44)59)61(47-25-9-3-10-26-47)50-34-35-54-52(41-50)51-30-13-14-31-53(51)62(54)48-27-11-4-12-28-48/h1-35,40-41H,36-39H2/t59-/m1/s1. The first-order valence-electron chi connectivity index (χ1n) is 21.9. The topological polar surface area (TPSA) is 11.4 Å². The number of hydrogen-bond donors (Lipinski definition) is 0. The summed E-state index contributed by atoms with van der Waals surface area (Å²) in [5, 5.41) is 2.50. The van der Waals surface area contributed by atoms with E-state index in [2.05, 4.69) is 239 Å². The Kier molecular flexibility index (Phi) is 8.67. The van der Waals surface area contributed by atoms with Gasteiger partial charge in [0.1, 0.15) is 0 Å². The third-order valence-electron chi connectivity index (χ3n) is 13.5. The second-order valence-corrected chi connectivity index (χ2v) is 16.9. The van der Waals surface area contributed by atoms with Gasteiger partial charge in [-0.2, -0.15) is 0 Å². The molecule has 1 heterocycles. The maximum absolute atomic E-state index is 2.54. The molecule has 1 aromatic heterocycles. The van der Waals surface area contributed by atoms with Crippen LogP contribution in [-0.2, 0) is 18.3 Å². The lowest BCUT2D eigenvalue weighted by atomic mass is 9.74. The molecule has 0 saturated heterocycles. The molecule has 0 saturated carbocycles. The average Bonchev–Trinajstić information content (AvgIpc) is 4.03. The lowest BCUT2D eigenvalue weighted by molar-refractivity contribution is 0.508. The molecular weight excluding hydrogens is 751 g/mol. The average molecular weight is 796 g/mol. The van der Waals surface area contributed by atoms with Crippen molar-refractivity contribution >= 4 is 55.9 Å². The van der Waals surface area contributed by atoms with Gasteiger partial charge in [0, 0.05) is 44.6 Å². The summed E-state index contributed by atoms with van der Waals surface area (Å²) in [5.41, 5.74) is 18.8. The van der Waals surface area contributed by atoms with Crippen molar-refractivity contribution in [2.24, 2.45) is 0 Å². The minimum atomic E-state index is -0.178. The third kappa shape index (κ3) is 5.80. The molecule has 0 unspecified atom stereocenters. The highest BCUT2D eigenvalue weighted by atomic mass is 15.2. The van der Waals surface area contributed by atoms with Crippen molar-refractivity contribution in [3.8, 4) is 16.8 Å². The van der Waals surface area contributed by atoms with E-state index in [0.29, 0.717) is 0 Å². The van der Waals surface area contributed by atoms with Crippen LogP contribution in [0.1, 0.15) is 35.1 Å². The van der Waals surface area contributed by atoms with E-state index in [1.165, 1.54) is 72.2 Å². The first-order chi connectivity index (χ1) is 30.7. The van der Waals surface area contributed by atoms with E-state index >= 15 is 0 Å². The number of aromatic nitrogens is 1. The van der Waals surface area contributed by atoms with E-state index in [-0.39, 0.29) is 5.41 Å². The Morgan fingerprint density at radius 3 is 1.47 bits per heavy atom. The minimum absolute atomic E-state index is 0.178. The number of hydrogen-bond acceptors (Lipinski definition) is 2. The first-order valence-corrected chi connectivity index (χ1v) is 21.9. The van der Waals surface area contributed by atoms with Crippen LogP contribution < -0.4 is 9.80 Å². The Labute approximate surface area is 363 Å². The SMILES string of the molecule is c1ccc(-c2cccc(N(c3ccccc3)c3cccc4c3[C@@]3(CC4)CCc4cccc(N(c5ccccc5)c5ccc6c(c5)c5ccccc5n6-c5ccccc5)c43)c2)cc1. The molecule has 2 aliphatic rings. The first kappa shape index (κ1) is 36.2. The van der Waals surface area contributed by atoms with Gasteiger partial charge in [0.2, 0.25) is 0 Å².